The summed E-state index contributed by atoms with van der Waals surface area (Å²) < 4.78 is 0.784. The van der Waals surface area contributed by atoms with E-state index in [0.717, 1.165) is 17.3 Å². The standard InChI is InChI=1S/C16H19BrN2O4/c1-10(16(22)23)9-19(13-5-6-13)14(20)8-18-15(21)11-3-2-4-12(17)7-11/h2-4,7,10,13H,5-6,8-9H2,1H3,(H,18,21)(H,22,23). The molecule has 0 heterocycles. The van der Waals surface area contributed by atoms with Crippen molar-refractivity contribution in [3.63, 3.8) is 0 Å². The van der Waals surface area contributed by atoms with Crippen LogP contribution in [0.1, 0.15) is 30.1 Å². The quantitative estimate of drug-likeness (QED) is 0.753. The smallest absolute Gasteiger partial charge is 0.308 e. The molecule has 0 saturated heterocycles. The number of nitrogens with one attached hydrogen (secondary N) is 1. The van der Waals surface area contributed by atoms with E-state index in [1.165, 1.54) is 0 Å². The van der Waals surface area contributed by atoms with Gasteiger partial charge in [0.15, 0.2) is 0 Å². The summed E-state index contributed by atoms with van der Waals surface area (Å²) in [6.45, 7) is 1.62. The van der Waals surface area contributed by atoms with Crippen molar-refractivity contribution in [1.82, 2.24) is 10.2 Å². The van der Waals surface area contributed by atoms with Crippen LogP contribution in [0.2, 0.25) is 0 Å². The maximum absolute atomic E-state index is 12.3. The molecule has 1 unspecified atom stereocenters. The Balaban J connectivity index is 1.91. The molecule has 1 aliphatic rings. The fraction of sp³-hybridized carbons (Fsp3) is 0.438. The van der Waals surface area contributed by atoms with Crippen LogP contribution in [0.5, 0.6) is 0 Å². The van der Waals surface area contributed by atoms with Gasteiger partial charge < -0.3 is 15.3 Å². The summed E-state index contributed by atoms with van der Waals surface area (Å²) in [5.74, 6) is -2.13. The summed E-state index contributed by atoms with van der Waals surface area (Å²) in [6, 6.07) is 6.99. The molecule has 2 amide bonds. The highest BCUT2D eigenvalue weighted by atomic mass is 79.9. The third-order valence-electron chi connectivity index (χ3n) is 3.69. The lowest BCUT2D eigenvalue weighted by atomic mass is 10.1. The largest absolute Gasteiger partial charge is 0.481 e. The molecule has 1 fully saturated rings. The molecular weight excluding hydrogens is 364 g/mol. The Hall–Kier alpha value is -1.89. The fourth-order valence-corrected chi connectivity index (χ4v) is 2.60. The van der Waals surface area contributed by atoms with Gasteiger partial charge in [0, 0.05) is 22.6 Å². The summed E-state index contributed by atoms with van der Waals surface area (Å²) in [6.07, 6.45) is 1.77. The number of benzene rings is 1. The highest BCUT2D eigenvalue weighted by Gasteiger charge is 2.34. The highest BCUT2D eigenvalue weighted by Crippen LogP contribution is 2.27. The zero-order valence-corrected chi connectivity index (χ0v) is 14.4. The second-order valence-electron chi connectivity index (χ2n) is 5.71. The average molecular weight is 383 g/mol. The maximum Gasteiger partial charge on any atom is 0.308 e. The van der Waals surface area contributed by atoms with Crippen molar-refractivity contribution < 1.29 is 19.5 Å². The molecule has 1 aromatic rings. The van der Waals surface area contributed by atoms with Crippen LogP contribution in [-0.4, -0.2) is 46.9 Å². The van der Waals surface area contributed by atoms with Crippen molar-refractivity contribution in [2.24, 2.45) is 5.92 Å². The maximum atomic E-state index is 12.3. The van der Waals surface area contributed by atoms with Gasteiger partial charge >= 0.3 is 5.97 Å². The van der Waals surface area contributed by atoms with Crippen LogP contribution < -0.4 is 5.32 Å². The van der Waals surface area contributed by atoms with Crippen molar-refractivity contribution in [3.05, 3.63) is 34.3 Å². The van der Waals surface area contributed by atoms with Gasteiger partial charge in [0.25, 0.3) is 5.91 Å². The first kappa shape index (κ1) is 17.5. The first-order valence-electron chi connectivity index (χ1n) is 7.44. The van der Waals surface area contributed by atoms with Gasteiger partial charge in [0.05, 0.1) is 12.5 Å². The SMILES string of the molecule is CC(CN(C(=O)CNC(=O)c1cccc(Br)c1)C1CC1)C(=O)O. The van der Waals surface area contributed by atoms with Crippen LogP contribution in [0.15, 0.2) is 28.7 Å². The van der Waals surface area contributed by atoms with E-state index in [1.54, 1.807) is 30.0 Å². The molecule has 6 nitrogen and oxygen atoms in total. The van der Waals surface area contributed by atoms with Crippen LogP contribution >= 0.6 is 15.9 Å². The summed E-state index contributed by atoms with van der Waals surface area (Å²) >= 11 is 3.29. The van der Waals surface area contributed by atoms with Crippen molar-refractivity contribution in [2.45, 2.75) is 25.8 Å². The van der Waals surface area contributed by atoms with E-state index in [4.69, 9.17) is 5.11 Å². The fourth-order valence-electron chi connectivity index (χ4n) is 2.20. The normalized spacial score (nSPS) is 14.9. The molecular formula is C16H19BrN2O4. The number of carbonyl (C=O) groups excluding carboxylic acids is 2. The predicted molar refractivity (Wildman–Crippen MR) is 88.0 cm³/mol. The lowest BCUT2D eigenvalue weighted by Gasteiger charge is -2.24. The zero-order valence-electron chi connectivity index (χ0n) is 12.8. The van der Waals surface area contributed by atoms with Gasteiger partial charge in [0.1, 0.15) is 0 Å². The monoisotopic (exact) mass is 382 g/mol. The van der Waals surface area contributed by atoms with Gasteiger partial charge in [-0.2, -0.15) is 0 Å². The zero-order chi connectivity index (χ0) is 17.0. The number of carboxylic acids is 1. The molecule has 1 aromatic carbocycles. The molecule has 0 radical (unpaired) electrons. The first-order chi connectivity index (χ1) is 10.9. The van der Waals surface area contributed by atoms with Gasteiger partial charge in [0.2, 0.25) is 5.91 Å². The number of carbonyl (C=O) groups is 3. The van der Waals surface area contributed by atoms with E-state index in [9.17, 15) is 14.4 Å². The molecule has 1 atom stereocenters. The third kappa shape index (κ3) is 5.06. The predicted octanol–water partition coefficient (Wildman–Crippen LogP) is 1.89. The van der Waals surface area contributed by atoms with Crippen molar-refractivity contribution in [1.29, 1.82) is 0 Å². The Morgan fingerprint density at radius 1 is 1.39 bits per heavy atom. The topological polar surface area (TPSA) is 86.7 Å². The van der Waals surface area contributed by atoms with E-state index in [1.807, 2.05) is 6.07 Å². The minimum Gasteiger partial charge on any atom is -0.481 e. The number of aliphatic carboxylic acids is 1. The molecule has 1 saturated carbocycles. The van der Waals surface area contributed by atoms with Gasteiger partial charge in [-0.1, -0.05) is 28.9 Å². The molecule has 124 valence electrons. The number of hydrogen-bond donors (Lipinski definition) is 2. The Kier molecular flexibility index (Phi) is 5.76. The van der Waals surface area contributed by atoms with Crippen LogP contribution in [0.3, 0.4) is 0 Å². The van der Waals surface area contributed by atoms with Crippen LogP contribution in [-0.2, 0) is 9.59 Å². The van der Waals surface area contributed by atoms with E-state index < -0.39 is 11.9 Å². The van der Waals surface area contributed by atoms with E-state index in [-0.39, 0.29) is 30.9 Å². The third-order valence-corrected chi connectivity index (χ3v) is 4.18. The molecule has 7 heteroatoms. The number of amides is 2. The molecule has 23 heavy (non-hydrogen) atoms. The van der Waals surface area contributed by atoms with E-state index in [2.05, 4.69) is 21.2 Å². The second-order valence-corrected chi connectivity index (χ2v) is 6.63. The van der Waals surface area contributed by atoms with Crippen molar-refractivity contribution in [2.75, 3.05) is 13.1 Å². The number of carboxylic acid groups (broad SMARTS) is 1. The van der Waals surface area contributed by atoms with E-state index >= 15 is 0 Å². The number of nitrogens with zero attached hydrogens (tertiary/aromatic N) is 1. The van der Waals surface area contributed by atoms with Crippen LogP contribution in [0.25, 0.3) is 0 Å². The van der Waals surface area contributed by atoms with Gasteiger partial charge in [-0.25, -0.2) is 0 Å². The van der Waals surface area contributed by atoms with Crippen molar-refractivity contribution >= 4 is 33.7 Å². The first-order valence-corrected chi connectivity index (χ1v) is 8.24. The van der Waals surface area contributed by atoms with Gasteiger partial charge in [-0.05, 0) is 31.0 Å². The van der Waals surface area contributed by atoms with E-state index in [0.29, 0.717) is 5.56 Å². The molecule has 0 aliphatic heterocycles. The van der Waals surface area contributed by atoms with Gasteiger partial charge in [-0.3, -0.25) is 14.4 Å². The summed E-state index contributed by atoms with van der Waals surface area (Å²) in [5, 5.41) is 11.6. The van der Waals surface area contributed by atoms with Gasteiger partial charge in [-0.15, -0.1) is 0 Å². The molecule has 2 N–H and O–H groups in total. The lowest BCUT2D eigenvalue weighted by molar-refractivity contribution is -0.143. The summed E-state index contributed by atoms with van der Waals surface area (Å²) in [7, 11) is 0. The molecule has 0 bridgehead atoms. The Morgan fingerprint density at radius 2 is 2.09 bits per heavy atom. The van der Waals surface area contributed by atoms with Crippen molar-refractivity contribution in [3.8, 4) is 0 Å². The number of rotatable bonds is 7. The molecule has 0 spiro atoms. The Labute approximate surface area is 143 Å². The number of hydrogen-bond acceptors (Lipinski definition) is 3. The molecule has 1 aliphatic carbocycles. The second kappa shape index (κ2) is 7.59. The minimum absolute atomic E-state index is 0.104. The molecule has 2 rings (SSSR count). The van der Waals surface area contributed by atoms with Crippen LogP contribution in [0.4, 0.5) is 0 Å². The summed E-state index contributed by atoms with van der Waals surface area (Å²) in [4.78, 5) is 36.9. The number of halogens is 1. The molecule has 0 aromatic heterocycles. The minimum atomic E-state index is -0.929. The highest BCUT2D eigenvalue weighted by molar-refractivity contribution is 9.10. The lowest BCUT2D eigenvalue weighted by Crippen LogP contribution is -2.44. The Bertz CT molecular complexity index is 616. The van der Waals surface area contributed by atoms with Crippen LogP contribution in [0, 0.1) is 5.92 Å². The summed E-state index contributed by atoms with van der Waals surface area (Å²) in [5.41, 5.74) is 0.462. The average Bonchev–Trinajstić information content (AvgIpc) is 3.34. The Morgan fingerprint density at radius 3 is 2.65 bits per heavy atom.